The van der Waals surface area contributed by atoms with Gasteiger partial charge in [-0.2, -0.15) is 4.31 Å². The maximum atomic E-state index is 12.5. The van der Waals surface area contributed by atoms with Gasteiger partial charge in [-0.25, -0.2) is 13.4 Å². The standard InChI is InChI=1S/C15H22N6O4S/c1-2-16-15(17-11-13-3-9-24-18-13)20-5-7-21(8-6-20)26(22,23)12-14-4-10-25-19-14/h3-4,9-10H,2,5-8,11-12H2,1H3,(H,16,17). The van der Waals surface area contributed by atoms with Gasteiger partial charge in [0.05, 0.1) is 12.2 Å². The number of nitrogens with zero attached hydrogens (tertiary/aromatic N) is 5. The summed E-state index contributed by atoms with van der Waals surface area (Å²) in [6.07, 6.45) is 2.88. The van der Waals surface area contributed by atoms with Crippen molar-refractivity contribution in [2.75, 3.05) is 32.7 Å². The maximum absolute atomic E-state index is 12.5. The van der Waals surface area contributed by atoms with Crippen LogP contribution >= 0.6 is 0 Å². The fourth-order valence-corrected chi connectivity index (χ4v) is 4.09. The Morgan fingerprint density at radius 3 is 2.38 bits per heavy atom. The Kier molecular flexibility index (Phi) is 5.89. The molecule has 142 valence electrons. The van der Waals surface area contributed by atoms with Crippen LogP contribution in [0.4, 0.5) is 0 Å². The van der Waals surface area contributed by atoms with E-state index in [0.29, 0.717) is 38.4 Å². The van der Waals surface area contributed by atoms with Gasteiger partial charge in [-0.3, -0.25) is 0 Å². The quantitative estimate of drug-likeness (QED) is 0.559. The number of hydrogen-bond acceptors (Lipinski definition) is 7. The molecule has 1 N–H and O–H groups in total. The molecule has 0 saturated carbocycles. The van der Waals surface area contributed by atoms with Gasteiger partial charge in [0.2, 0.25) is 10.0 Å². The van der Waals surface area contributed by atoms with Crippen LogP contribution < -0.4 is 5.32 Å². The van der Waals surface area contributed by atoms with Crippen molar-refractivity contribution in [3.05, 3.63) is 36.0 Å². The van der Waals surface area contributed by atoms with Gasteiger partial charge in [0, 0.05) is 44.9 Å². The third-order valence-electron chi connectivity index (χ3n) is 3.97. The van der Waals surface area contributed by atoms with Gasteiger partial charge >= 0.3 is 0 Å². The number of piperazine rings is 1. The molecular weight excluding hydrogens is 360 g/mol. The van der Waals surface area contributed by atoms with E-state index in [2.05, 4.69) is 20.6 Å². The predicted molar refractivity (Wildman–Crippen MR) is 93.6 cm³/mol. The van der Waals surface area contributed by atoms with Crippen LogP contribution in [0.1, 0.15) is 18.3 Å². The van der Waals surface area contributed by atoms with Gasteiger partial charge in [0.25, 0.3) is 0 Å². The molecule has 3 rings (SSSR count). The zero-order valence-electron chi connectivity index (χ0n) is 14.5. The van der Waals surface area contributed by atoms with Gasteiger partial charge in [-0.05, 0) is 6.92 Å². The zero-order chi connectivity index (χ0) is 18.4. The molecule has 1 fully saturated rings. The van der Waals surface area contributed by atoms with E-state index in [1.54, 1.807) is 12.1 Å². The Hall–Kier alpha value is -2.40. The molecule has 3 heterocycles. The van der Waals surface area contributed by atoms with Crippen LogP contribution in [-0.2, 0) is 22.3 Å². The lowest BCUT2D eigenvalue weighted by molar-refractivity contribution is 0.259. The van der Waals surface area contributed by atoms with Crippen LogP contribution in [0.2, 0.25) is 0 Å². The van der Waals surface area contributed by atoms with E-state index in [1.165, 1.54) is 16.8 Å². The van der Waals surface area contributed by atoms with Crippen molar-refractivity contribution >= 4 is 16.0 Å². The lowest BCUT2D eigenvalue weighted by atomic mass is 10.4. The summed E-state index contributed by atoms with van der Waals surface area (Å²) in [6, 6.07) is 3.33. The molecule has 2 aromatic rings. The maximum Gasteiger partial charge on any atom is 0.220 e. The molecule has 0 aliphatic carbocycles. The van der Waals surface area contributed by atoms with Crippen LogP contribution in [0.25, 0.3) is 0 Å². The average Bonchev–Trinajstić information content (AvgIpc) is 3.32. The number of aliphatic imine (C=N–C) groups is 1. The SMILES string of the molecule is CCNC(=NCc1ccon1)N1CCN(S(=O)(=O)Cc2ccon2)CC1. The molecule has 0 aromatic carbocycles. The molecule has 0 spiro atoms. The Bertz CT molecular complexity index is 795. The van der Waals surface area contributed by atoms with E-state index in [9.17, 15) is 8.42 Å². The summed E-state index contributed by atoms with van der Waals surface area (Å²) in [4.78, 5) is 6.59. The molecule has 2 aromatic heterocycles. The van der Waals surface area contributed by atoms with Crippen molar-refractivity contribution in [1.82, 2.24) is 24.8 Å². The van der Waals surface area contributed by atoms with Crippen LogP contribution in [0, 0.1) is 0 Å². The first-order valence-corrected chi connectivity index (χ1v) is 9.99. The highest BCUT2D eigenvalue weighted by atomic mass is 32.2. The van der Waals surface area contributed by atoms with E-state index >= 15 is 0 Å². The summed E-state index contributed by atoms with van der Waals surface area (Å²) in [7, 11) is -3.41. The summed E-state index contributed by atoms with van der Waals surface area (Å²) in [5.41, 5.74) is 1.16. The first-order valence-electron chi connectivity index (χ1n) is 8.38. The van der Waals surface area contributed by atoms with Gasteiger partial charge in [0.15, 0.2) is 5.96 Å². The molecular formula is C15H22N6O4S. The first kappa shape index (κ1) is 18.4. The molecule has 11 heteroatoms. The van der Waals surface area contributed by atoms with Gasteiger partial charge < -0.3 is 19.3 Å². The average molecular weight is 382 g/mol. The molecule has 1 aliphatic rings. The second-order valence-corrected chi connectivity index (χ2v) is 7.76. The van der Waals surface area contributed by atoms with Crippen LogP contribution in [0.15, 0.2) is 38.7 Å². The third-order valence-corrected chi connectivity index (χ3v) is 5.78. The lowest BCUT2D eigenvalue weighted by Crippen LogP contribution is -2.53. The number of nitrogens with one attached hydrogen (secondary N) is 1. The van der Waals surface area contributed by atoms with E-state index < -0.39 is 10.0 Å². The molecule has 26 heavy (non-hydrogen) atoms. The van der Waals surface area contributed by atoms with Crippen LogP contribution in [0.5, 0.6) is 0 Å². The largest absolute Gasteiger partial charge is 0.364 e. The monoisotopic (exact) mass is 382 g/mol. The molecule has 0 radical (unpaired) electrons. The Labute approximate surface area is 151 Å². The smallest absolute Gasteiger partial charge is 0.220 e. The number of hydrogen-bond donors (Lipinski definition) is 1. The summed E-state index contributed by atoms with van der Waals surface area (Å²) in [5, 5.41) is 10.8. The van der Waals surface area contributed by atoms with Crippen molar-refractivity contribution in [3.63, 3.8) is 0 Å². The van der Waals surface area contributed by atoms with Gasteiger partial charge in [-0.1, -0.05) is 10.3 Å². The number of rotatable bonds is 6. The summed E-state index contributed by atoms with van der Waals surface area (Å²) in [6.45, 7) is 5.03. The topological polar surface area (TPSA) is 117 Å². The number of guanidine groups is 1. The van der Waals surface area contributed by atoms with E-state index in [-0.39, 0.29) is 5.75 Å². The first-order chi connectivity index (χ1) is 12.6. The highest BCUT2D eigenvalue weighted by molar-refractivity contribution is 7.88. The second-order valence-electron chi connectivity index (χ2n) is 5.79. The molecule has 1 aliphatic heterocycles. The summed E-state index contributed by atoms with van der Waals surface area (Å²) >= 11 is 0. The Balaban J connectivity index is 1.59. The summed E-state index contributed by atoms with van der Waals surface area (Å²) in [5.74, 6) is 0.591. The normalized spacial score (nSPS) is 16.8. The zero-order valence-corrected chi connectivity index (χ0v) is 15.4. The molecule has 10 nitrogen and oxygen atoms in total. The van der Waals surface area contributed by atoms with Crippen LogP contribution in [-0.4, -0.2) is 66.6 Å². The third kappa shape index (κ3) is 4.61. The minimum atomic E-state index is -3.41. The fourth-order valence-electron chi connectivity index (χ4n) is 2.67. The highest BCUT2D eigenvalue weighted by Crippen LogP contribution is 2.13. The molecule has 0 amide bonds. The van der Waals surface area contributed by atoms with Crippen molar-refractivity contribution in [2.24, 2.45) is 4.99 Å². The minimum absolute atomic E-state index is 0.149. The van der Waals surface area contributed by atoms with Gasteiger partial charge in [-0.15, -0.1) is 0 Å². The predicted octanol–water partition coefficient (Wildman–Crippen LogP) is 0.276. The van der Waals surface area contributed by atoms with Crippen LogP contribution in [0.3, 0.4) is 0 Å². The Morgan fingerprint density at radius 2 is 1.81 bits per heavy atom. The molecule has 0 unspecified atom stereocenters. The van der Waals surface area contributed by atoms with E-state index in [4.69, 9.17) is 9.05 Å². The fraction of sp³-hybridized carbons (Fsp3) is 0.533. The molecule has 0 bridgehead atoms. The molecule has 1 saturated heterocycles. The lowest BCUT2D eigenvalue weighted by Gasteiger charge is -2.35. The highest BCUT2D eigenvalue weighted by Gasteiger charge is 2.29. The van der Waals surface area contributed by atoms with E-state index in [1.807, 2.05) is 11.8 Å². The number of aromatic nitrogens is 2. The van der Waals surface area contributed by atoms with Crippen molar-refractivity contribution in [2.45, 2.75) is 19.2 Å². The van der Waals surface area contributed by atoms with E-state index in [0.717, 1.165) is 18.2 Å². The van der Waals surface area contributed by atoms with Crippen molar-refractivity contribution in [3.8, 4) is 0 Å². The van der Waals surface area contributed by atoms with Crippen molar-refractivity contribution in [1.29, 1.82) is 0 Å². The second kappa shape index (κ2) is 8.32. The van der Waals surface area contributed by atoms with Crippen molar-refractivity contribution < 1.29 is 17.5 Å². The Morgan fingerprint density at radius 1 is 1.15 bits per heavy atom. The number of sulfonamides is 1. The molecule has 0 atom stereocenters. The minimum Gasteiger partial charge on any atom is -0.364 e. The summed E-state index contributed by atoms with van der Waals surface area (Å²) < 4.78 is 36.0. The van der Waals surface area contributed by atoms with Gasteiger partial charge in [0.1, 0.15) is 24.0 Å².